The van der Waals surface area contributed by atoms with E-state index in [0.29, 0.717) is 5.56 Å². The van der Waals surface area contributed by atoms with Gasteiger partial charge in [0.15, 0.2) is 0 Å². The fourth-order valence-corrected chi connectivity index (χ4v) is 9.42. The van der Waals surface area contributed by atoms with Crippen molar-refractivity contribution in [3.05, 3.63) is 119 Å². The SMILES string of the molecule is N#CC1=Cc2c(sc3c2ccc2c4cc(-c5cccc(C#N)c5-n5c6ccccc6c6ccccc65)ccc4sc23)CC1. The van der Waals surface area contributed by atoms with Gasteiger partial charge in [0, 0.05) is 47.6 Å². The summed E-state index contributed by atoms with van der Waals surface area (Å²) in [6.45, 7) is 0. The number of hydrogen-bond acceptors (Lipinski definition) is 4. The van der Waals surface area contributed by atoms with Crippen LogP contribution in [0.2, 0.25) is 0 Å². The second-order valence-electron chi connectivity index (χ2n) is 11.0. The van der Waals surface area contributed by atoms with E-state index in [9.17, 15) is 10.5 Å². The maximum atomic E-state index is 10.3. The molecule has 5 aromatic carbocycles. The Labute approximate surface area is 255 Å². The number of benzene rings is 5. The minimum atomic E-state index is 0.648. The molecule has 5 heteroatoms. The van der Waals surface area contributed by atoms with Gasteiger partial charge in [-0.05, 0) is 60.4 Å². The first-order valence-electron chi connectivity index (χ1n) is 14.3. The van der Waals surface area contributed by atoms with Crippen molar-refractivity contribution >= 4 is 80.8 Å². The molecule has 0 aliphatic heterocycles. The molecule has 9 rings (SSSR count). The van der Waals surface area contributed by atoms with Gasteiger partial charge in [-0.2, -0.15) is 10.5 Å². The molecule has 0 unspecified atom stereocenters. The molecule has 1 aliphatic rings. The van der Waals surface area contributed by atoms with Gasteiger partial charge >= 0.3 is 0 Å². The zero-order valence-electron chi connectivity index (χ0n) is 22.9. The molecular formula is C38H21N3S2. The smallest absolute Gasteiger partial charge is 0.101 e. The summed E-state index contributed by atoms with van der Waals surface area (Å²) in [5, 5.41) is 25.9. The summed E-state index contributed by atoms with van der Waals surface area (Å²) in [7, 11) is 0. The van der Waals surface area contributed by atoms with Gasteiger partial charge in [0.1, 0.15) is 6.07 Å². The van der Waals surface area contributed by atoms with Crippen LogP contribution < -0.4 is 0 Å². The highest BCUT2D eigenvalue weighted by Crippen LogP contribution is 2.47. The van der Waals surface area contributed by atoms with E-state index in [1.54, 1.807) is 0 Å². The van der Waals surface area contributed by atoms with Gasteiger partial charge in [-0.15, -0.1) is 22.7 Å². The summed E-state index contributed by atoms with van der Waals surface area (Å²) in [5.41, 5.74) is 7.96. The number of para-hydroxylation sites is 3. The predicted molar refractivity (Wildman–Crippen MR) is 181 cm³/mol. The third-order valence-electron chi connectivity index (χ3n) is 8.76. The number of fused-ring (bicyclic) bond motifs is 10. The summed E-state index contributed by atoms with van der Waals surface area (Å²) >= 11 is 3.73. The van der Waals surface area contributed by atoms with Crippen molar-refractivity contribution in [1.29, 1.82) is 10.5 Å². The molecular weight excluding hydrogens is 563 g/mol. The molecule has 0 saturated carbocycles. The van der Waals surface area contributed by atoms with Crippen LogP contribution in [0.15, 0.2) is 103 Å². The van der Waals surface area contributed by atoms with E-state index < -0.39 is 0 Å². The lowest BCUT2D eigenvalue weighted by atomic mass is 9.96. The number of nitrogens with zero attached hydrogens (tertiary/aromatic N) is 3. The molecule has 200 valence electrons. The molecule has 3 heterocycles. The van der Waals surface area contributed by atoms with Crippen LogP contribution in [0.4, 0.5) is 0 Å². The number of nitriles is 2. The molecule has 0 radical (unpaired) electrons. The van der Waals surface area contributed by atoms with Crippen LogP contribution in [0.5, 0.6) is 0 Å². The lowest BCUT2D eigenvalue weighted by Crippen LogP contribution is -2.00. The lowest BCUT2D eigenvalue weighted by Gasteiger charge is -2.16. The van der Waals surface area contributed by atoms with Gasteiger partial charge < -0.3 is 4.57 Å². The highest BCUT2D eigenvalue weighted by molar-refractivity contribution is 7.31. The summed E-state index contributed by atoms with van der Waals surface area (Å²) < 4.78 is 6.14. The molecule has 8 aromatic rings. The second kappa shape index (κ2) is 9.15. The molecule has 0 amide bonds. The number of aryl methyl sites for hydroxylation is 1. The molecule has 3 aromatic heterocycles. The maximum Gasteiger partial charge on any atom is 0.101 e. The van der Waals surface area contributed by atoms with Crippen LogP contribution in [0.3, 0.4) is 0 Å². The van der Waals surface area contributed by atoms with Gasteiger partial charge in [-0.1, -0.05) is 66.7 Å². The largest absolute Gasteiger partial charge is 0.307 e. The molecule has 0 N–H and O–H groups in total. The number of hydrogen-bond donors (Lipinski definition) is 0. The average molecular weight is 584 g/mol. The van der Waals surface area contributed by atoms with Gasteiger partial charge in [-0.25, -0.2) is 0 Å². The van der Waals surface area contributed by atoms with Crippen molar-refractivity contribution in [1.82, 2.24) is 4.57 Å². The first-order valence-corrected chi connectivity index (χ1v) is 15.9. The maximum absolute atomic E-state index is 10.3. The zero-order valence-corrected chi connectivity index (χ0v) is 24.5. The molecule has 1 aliphatic carbocycles. The quantitative estimate of drug-likeness (QED) is 0.203. The van der Waals surface area contributed by atoms with E-state index in [0.717, 1.165) is 46.3 Å². The van der Waals surface area contributed by atoms with Crippen molar-refractivity contribution in [3.63, 3.8) is 0 Å². The van der Waals surface area contributed by atoms with E-state index in [2.05, 4.69) is 108 Å². The minimum absolute atomic E-state index is 0.648. The second-order valence-corrected chi connectivity index (χ2v) is 13.2. The molecule has 3 nitrogen and oxygen atoms in total. The Morgan fingerprint density at radius 1 is 0.628 bits per heavy atom. The van der Waals surface area contributed by atoms with Crippen LogP contribution in [0.1, 0.15) is 22.4 Å². The highest BCUT2D eigenvalue weighted by atomic mass is 32.1. The Morgan fingerprint density at radius 3 is 2.14 bits per heavy atom. The Bertz CT molecular complexity index is 2540. The van der Waals surface area contributed by atoms with Crippen molar-refractivity contribution < 1.29 is 0 Å². The number of rotatable bonds is 2. The van der Waals surface area contributed by atoms with Crippen LogP contribution in [0.25, 0.3) is 75.0 Å². The van der Waals surface area contributed by atoms with Gasteiger partial charge in [-0.3, -0.25) is 0 Å². The van der Waals surface area contributed by atoms with Crippen molar-refractivity contribution in [3.8, 4) is 29.0 Å². The van der Waals surface area contributed by atoms with Crippen LogP contribution in [-0.4, -0.2) is 4.57 Å². The van der Waals surface area contributed by atoms with Crippen molar-refractivity contribution in [2.75, 3.05) is 0 Å². The van der Waals surface area contributed by atoms with E-state index in [4.69, 9.17) is 0 Å². The van der Waals surface area contributed by atoms with Crippen LogP contribution in [-0.2, 0) is 6.42 Å². The van der Waals surface area contributed by atoms with Gasteiger partial charge in [0.2, 0.25) is 0 Å². The van der Waals surface area contributed by atoms with E-state index in [1.165, 1.54) is 51.5 Å². The first-order chi connectivity index (χ1) is 21.2. The Balaban J connectivity index is 1.30. The van der Waals surface area contributed by atoms with Crippen molar-refractivity contribution in [2.24, 2.45) is 0 Å². The van der Waals surface area contributed by atoms with E-state index >= 15 is 0 Å². The molecule has 0 saturated heterocycles. The molecule has 0 atom stereocenters. The Morgan fingerprint density at radius 2 is 1.37 bits per heavy atom. The average Bonchev–Trinajstić information content (AvgIpc) is 3.73. The molecule has 0 spiro atoms. The van der Waals surface area contributed by atoms with Crippen LogP contribution in [0, 0.1) is 22.7 Å². The molecule has 0 bridgehead atoms. The van der Waals surface area contributed by atoms with Crippen LogP contribution >= 0.6 is 22.7 Å². The third-order valence-corrected chi connectivity index (χ3v) is 11.4. The van der Waals surface area contributed by atoms with Gasteiger partial charge in [0.05, 0.1) is 37.8 Å². The highest BCUT2D eigenvalue weighted by Gasteiger charge is 2.21. The number of aromatic nitrogens is 1. The summed E-state index contributed by atoms with van der Waals surface area (Å²) in [6, 6.07) is 39.0. The van der Waals surface area contributed by atoms with Crippen molar-refractivity contribution in [2.45, 2.75) is 12.8 Å². The first kappa shape index (κ1) is 24.4. The normalized spacial score (nSPS) is 13.0. The third kappa shape index (κ3) is 3.44. The van der Waals surface area contributed by atoms with E-state index in [1.807, 2.05) is 34.8 Å². The Hall–Kier alpha value is -5.20. The minimum Gasteiger partial charge on any atom is -0.307 e. The molecule has 43 heavy (non-hydrogen) atoms. The lowest BCUT2D eigenvalue weighted by molar-refractivity contribution is 0.979. The topological polar surface area (TPSA) is 52.5 Å². The summed E-state index contributed by atoms with van der Waals surface area (Å²) in [5.74, 6) is 0. The fraction of sp³-hybridized carbons (Fsp3) is 0.0526. The summed E-state index contributed by atoms with van der Waals surface area (Å²) in [4.78, 5) is 1.38. The predicted octanol–water partition coefficient (Wildman–Crippen LogP) is 10.8. The zero-order chi connectivity index (χ0) is 28.7. The fourth-order valence-electron chi connectivity index (χ4n) is 6.82. The number of thiophene rings is 2. The molecule has 0 fully saturated rings. The van der Waals surface area contributed by atoms with E-state index in [-0.39, 0.29) is 0 Å². The standard InChI is InChI=1S/C38H21N3S2/c39-20-22-12-16-34-30(18-22)28-14-15-29-31-19-23(13-17-35(31)43-38(29)37(28)42-34)25-9-5-6-24(21-40)36(25)41-32-10-3-1-7-26(32)27-8-2-4-11-33(27)41/h1-11,13-15,17-19H,12,16H2. The van der Waals surface area contributed by atoms with Gasteiger partial charge in [0.25, 0.3) is 0 Å². The monoisotopic (exact) mass is 583 g/mol. The summed E-state index contributed by atoms with van der Waals surface area (Å²) in [6.07, 6.45) is 3.85. The number of allylic oxidation sites excluding steroid dienone is 1. The Kier molecular flexibility index (Phi) is 5.19.